The quantitative estimate of drug-likeness (QED) is 0.677. The summed E-state index contributed by atoms with van der Waals surface area (Å²) in [6.07, 6.45) is 13.5. The molecule has 3 saturated carbocycles. The Balaban J connectivity index is 1.52. The standard InChI is InChI=1S/C30H39NO3/c1-28-18-25-23-8-6-21(31(2)3)15-19(23)17-29-12-9-22(33)16-20(29)5-7-24(27(25)29)26(28)10-13-30(28,34)11-4-14-32/h6,8-9,12,15-16,24-27,32,34H,4-5,7,10-11,13-14,17-18H2,1-3H3/t24-,25?,26+,27?,28-,29+,30+/m0/s1. The fraction of sp³-hybridized carbons (Fsp3) is 0.633. The molecule has 0 aromatic heterocycles. The van der Waals surface area contributed by atoms with Gasteiger partial charge in [-0.1, -0.05) is 24.6 Å². The van der Waals surface area contributed by atoms with Crippen LogP contribution in [-0.4, -0.2) is 42.3 Å². The third kappa shape index (κ3) is 2.88. The van der Waals surface area contributed by atoms with Crippen LogP contribution in [0.15, 0.2) is 42.0 Å². The Kier molecular flexibility index (Phi) is 5.00. The smallest absolute Gasteiger partial charge is 0.178 e. The Hall–Kier alpha value is -1.91. The molecule has 2 unspecified atom stereocenters. The van der Waals surface area contributed by atoms with Crippen molar-refractivity contribution < 1.29 is 15.0 Å². The Morgan fingerprint density at radius 1 is 1.21 bits per heavy atom. The van der Waals surface area contributed by atoms with Crippen molar-refractivity contribution in [3.63, 3.8) is 0 Å². The lowest BCUT2D eigenvalue weighted by Crippen LogP contribution is -2.59. The maximum absolute atomic E-state index is 12.4. The molecule has 6 rings (SSSR count). The van der Waals surface area contributed by atoms with Crippen LogP contribution in [0.4, 0.5) is 5.69 Å². The highest BCUT2D eigenvalue weighted by molar-refractivity contribution is 6.01. The van der Waals surface area contributed by atoms with Crippen LogP contribution in [0, 0.1) is 28.6 Å². The maximum Gasteiger partial charge on any atom is 0.178 e. The van der Waals surface area contributed by atoms with Gasteiger partial charge in [0, 0.05) is 31.8 Å². The van der Waals surface area contributed by atoms with Crippen molar-refractivity contribution in [3.8, 4) is 0 Å². The third-order valence-electron chi connectivity index (χ3n) is 10.9. The Morgan fingerprint density at radius 2 is 2.03 bits per heavy atom. The third-order valence-corrected chi connectivity index (χ3v) is 10.9. The summed E-state index contributed by atoms with van der Waals surface area (Å²) in [7, 11) is 4.19. The lowest BCUT2D eigenvalue weighted by atomic mass is 9.40. The highest BCUT2D eigenvalue weighted by Gasteiger charge is 2.67. The van der Waals surface area contributed by atoms with Crippen molar-refractivity contribution in [2.45, 2.75) is 69.8 Å². The van der Waals surface area contributed by atoms with E-state index in [1.54, 1.807) is 0 Å². The Bertz CT molecular complexity index is 1090. The molecule has 1 aromatic rings. The first-order valence-electron chi connectivity index (χ1n) is 13.3. The fourth-order valence-corrected chi connectivity index (χ4v) is 9.35. The molecule has 0 amide bonds. The zero-order valence-corrected chi connectivity index (χ0v) is 20.9. The number of hydrogen-bond acceptors (Lipinski definition) is 4. The average Bonchev–Trinajstić information content (AvgIpc) is 3.08. The summed E-state index contributed by atoms with van der Waals surface area (Å²) in [6, 6.07) is 6.99. The molecule has 0 bridgehead atoms. The topological polar surface area (TPSA) is 60.8 Å². The van der Waals surface area contributed by atoms with E-state index in [9.17, 15) is 15.0 Å². The first-order valence-corrected chi connectivity index (χ1v) is 13.3. The SMILES string of the molecule is CN(C)c1ccc2c(c1)C[C@]13C=CC(=O)C=C1CC[C@@H]1C3C2C[C@@]2(C)[C@@H]1CC[C@]2(O)CCCO. The number of carbonyl (C=O) groups is 1. The van der Waals surface area contributed by atoms with E-state index in [-0.39, 0.29) is 23.2 Å². The molecule has 7 atom stereocenters. The number of carbonyl (C=O) groups excluding carboxylic acids is 1. The van der Waals surface area contributed by atoms with Gasteiger partial charge in [0.05, 0.1) is 5.60 Å². The van der Waals surface area contributed by atoms with Crippen LogP contribution in [0.25, 0.3) is 0 Å². The second-order valence-corrected chi connectivity index (χ2v) is 12.4. The number of ketones is 1. The lowest BCUT2D eigenvalue weighted by Gasteiger charge is -2.64. The van der Waals surface area contributed by atoms with E-state index in [0.717, 1.165) is 38.5 Å². The number of fused-ring (bicyclic) bond motifs is 4. The van der Waals surface area contributed by atoms with E-state index in [1.807, 2.05) is 12.2 Å². The van der Waals surface area contributed by atoms with E-state index in [4.69, 9.17) is 0 Å². The molecule has 2 N–H and O–H groups in total. The summed E-state index contributed by atoms with van der Waals surface area (Å²) in [5, 5.41) is 21.6. The van der Waals surface area contributed by atoms with Gasteiger partial charge in [-0.15, -0.1) is 0 Å². The number of rotatable bonds is 4. The molecule has 1 spiro atoms. The second-order valence-electron chi connectivity index (χ2n) is 12.4. The minimum atomic E-state index is -0.700. The van der Waals surface area contributed by atoms with Gasteiger partial charge in [0.15, 0.2) is 5.78 Å². The minimum absolute atomic E-state index is 0.0629. The molecule has 0 radical (unpaired) electrons. The van der Waals surface area contributed by atoms with Crippen LogP contribution in [0.3, 0.4) is 0 Å². The Morgan fingerprint density at radius 3 is 2.79 bits per heavy atom. The summed E-state index contributed by atoms with van der Waals surface area (Å²) in [5.74, 6) is 2.08. The number of hydrogen-bond donors (Lipinski definition) is 2. The van der Waals surface area contributed by atoms with Gasteiger partial charge >= 0.3 is 0 Å². The summed E-state index contributed by atoms with van der Waals surface area (Å²) in [5.41, 5.74) is 4.55. The largest absolute Gasteiger partial charge is 0.396 e. The van der Waals surface area contributed by atoms with Gasteiger partial charge in [-0.2, -0.15) is 0 Å². The lowest BCUT2D eigenvalue weighted by molar-refractivity contribution is -0.138. The van der Waals surface area contributed by atoms with Crippen molar-refractivity contribution in [2.24, 2.45) is 28.6 Å². The fourth-order valence-electron chi connectivity index (χ4n) is 9.35. The molecular formula is C30H39NO3. The first-order chi connectivity index (χ1) is 16.2. The first kappa shape index (κ1) is 22.5. The van der Waals surface area contributed by atoms with Crippen LogP contribution in [0.5, 0.6) is 0 Å². The number of aliphatic hydroxyl groups excluding tert-OH is 1. The van der Waals surface area contributed by atoms with Crippen LogP contribution >= 0.6 is 0 Å². The molecule has 3 fully saturated rings. The number of benzene rings is 1. The van der Waals surface area contributed by atoms with E-state index in [1.165, 1.54) is 22.4 Å². The predicted octanol–water partition coefficient (Wildman–Crippen LogP) is 4.79. The van der Waals surface area contributed by atoms with Crippen LogP contribution in [0.1, 0.15) is 68.9 Å². The number of anilines is 1. The summed E-state index contributed by atoms with van der Waals surface area (Å²) in [4.78, 5) is 14.6. The number of aliphatic hydroxyl groups is 2. The van der Waals surface area contributed by atoms with Crippen LogP contribution in [0.2, 0.25) is 0 Å². The van der Waals surface area contributed by atoms with Crippen molar-refractivity contribution in [1.82, 2.24) is 0 Å². The predicted molar refractivity (Wildman–Crippen MR) is 135 cm³/mol. The summed E-state index contributed by atoms with van der Waals surface area (Å²) in [6.45, 7) is 2.50. The normalized spacial score (nSPS) is 41.8. The molecule has 0 aliphatic heterocycles. The maximum atomic E-state index is 12.4. The second kappa shape index (κ2) is 7.54. The van der Waals surface area contributed by atoms with Gasteiger partial charge in [-0.3, -0.25) is 4.79 Å². The molecule has 34 heavy (non-hydrogen) atoms. The molecule has 0 heterocycles. The summed E-state index contributed by atoms with van der Waals surface area (Å²) < 4.78 is 0. The van der Waals surface area contributed by atoms with Gasteiger partial charge in [-0.25, -0.2) is 0 Å². The van der Waals surface area contributed by atoms with Gasteiger partial charge in [-0.05, 0) is 116 Å². The molecule has 1 aromatic carbocycles. The number of allylic oxidation sites excluding steroid dienone is 4. The van der Waals surface area contributed by atoms with Gasteiger partial charge in [0.2, 0.25) is 0 Å². The Labute approximate surface area is 203 Å². The zero-order valence-electron chi connectivity index (χ0n) is 20.9. The number of nitrogens with zero attached hydrogens (tertiary/aromatic N) is 1. The van der Waals surface area contributed by atoms with E-state index >= 15 is 0 Å². The molecule has 0 saturated heterocycles. The van der Waals surface area contributed by atoms with Crippen molar-refractivity contribution in [2.75, 3.05) is 25.6 Å². The van der Waals surface area contributed by atoms with Crippen molar-refractivity contribution in [3.05, 3.63) is 53.1 Å². The summed E-state index contributed by atoms with van der Waals surface area (Å²) >= 11 is 0. The van der Waals surface area contributed by atoms with Gasteiger partial charge < -0.3 is 15.1 Å². The molecule has 5 aliphatic rings. The molecule has 4 nitrogen and oxygen atoms in total. The zero-order chi connectivity index (χ0) is 23.9. The van der Waals surface area contributed by atoms with Crippen molar-refractivity contribution in [1.29, 1.82) is 0 Å². The highest BCUT2D eigenvalue weighted by Crippen LogP contribution is 2.72. The molecule has 182 valence electrons. The van der Waals surface area contributed by atoms with Gasteiger partial charge in [0.25, 0.3) is 0 Å². The van der Waals surface area contributed by atoms with E-state index in [2.05, 4.69) is 50.2 Å². The van der Waals surface area contributed by atoms with Crippen LogP contribution in [-0.2, 0) is 11.2 Å². The van der Waals surface area contributed by atoms with E-state index < -0.39 is 5.60 Å². The minimum Gasteiger partial charge on any atom is -0.396 e. The van der Waals surface area contributed by atoms with E-state index in [0.29, 0.717) is 36.5 Å². The average molecular weight is 462 g/mol. The molecule has 5 aliphatic carbocycles. The van der Waals surface area contributed by atoms with Gasteiger partial charge in [0.1, 0.15) is 0 Å². The molecule has 4 heteroatoms. The monoisotopic (exact) mass is 461 g/mol. The van der Waals surface area contributed by atoms with Crippen LogP contribution < -0.4 is 4.90 Å². The highest BCUT2D eigenvalue weighted by atomic mass is 16.3. The van der Waals surface area contributed by atoms with Crippen molar-refractivity contribution >= 4 is 11.5 Å². The molecular weight excluding hydrogens is 422 g/mol.